The third-order valence-electron chi connectivity index (χ3n) is 3.81. The molecule has 0 heterocycles. The molecule has 14 heavy (non-hydrogen) atoms. The number of hydrogen-bond donors (Lipinski definition) is 1. The fourth-order valence-electron chi connectivity index (χ4n) is 3.07. The van der Waals surface area contributed by atoms with Crippen molar-refractivity contribution in [3.63, 3.8) is 0 Å². The highest BCUT2D eigenvalue weighted by molar-refractivity contribution is 5.88. The molecule has 0 aromatic rings. The van der Waals surface area contributed by atoms with Crippen LogP contribution in [0.1, 0.15) is 26.7 Å². The van der Waals surface area contributed by atoms with Crippen LogP contribution < -0.4 is 0 Å². The van der Waals surface area contributed by atoms with E-state index in [1.54, 1.807) is 0 Å². The maximum absolute atomic E-state index is 12.1. The Labute approximate surface area is 85.0 Å². The van der Waals surface area contributed by atoms with Crippen LogP contribution in [-0.2, 0) is 4.79 Å². The second-order valence-corrected chi connectivity index (χ2v) is 5.02. The van der Waals surface area contributed by atoms with E-state index in [4.69, 9.17) is 0 Å². The number of carbonyl (C=O) groups is 1. The first kappa shape index (κ1) is 9.91. The molecular formula is C12H18O2. The van der Waals surface area contributed by atoms with Gasteiger partial charge in [-0.2, -0.15) is 0 Å². The third kappa shape index (κ3) is 1.17. The van der Waals surface area contributed by atoms with E-state index in [0.29, 0.717) is 11.8 Å². The van der Waals surface area contributed by atoms with Crippen molar-refractivity contribution in [3.05, 3.63) is 12.2 Å². The Kier molecular flexibility index (Phi) is 2.26. The van der Waals surface area contributed by atoms with Crippen molar-refractivity contribution in [2.24, 2.45) is 23.2 Å². The Balaban J connectivity index is 2.28. The van der Waals surface area contributed by atoms with Crippen LogP contribution in [0.25, 0.3) is 0 Å². The predicted octanol–water partition coefficient (Wildman–Crippen LogP) is 1.79. The lowest BCUT2D eigenvalue weighted by atomic mass is 9.70. The van der Waals surface area contributed by atoms with Crippen molar-refractivity contribution in [2.75, 3.05) is 6.61 Å². The maximum Gasteiger partial charge on any atom is 0.144 e. The van der Waals surface area contributed by atoms with E-state index in [1.165, 1.54) is 0 Å². The number of allylic oxidation sites excluding steroid dienone is 2. The van der Waals surface area contributed by atoms with Gasteiger partial charge in [-0.3, -0.25) is 4.79 Å². The number of rotatable bonds is 3. The molecule has 0 radical (unpaired) electrons. The zero-order chi connectivity index (χ0) is 10.3. The van der Waals surface area contributed by atoms with Crippen LogP contribution in [0.4, 0.5) is 0 Å². The Morgan fingerprint density at radius 2 is 2.29 bits per heavy atom. The monoisotopic (exact) mass is 194 g/mol. The average molecular weight is 194 g/mol. The molecule has 1 saturated carbocycles. The summed E-state index contributed by atoms with van der Waals surface area (Å²) >= 11 is 0. The highest BCUT2D eigenvalue weighted by Gasteiger charge is 2.52. The maximum atomic E-state index is 12.1. The van der Waals surface area contributed by atoms with Gasteiger partial charge in [0.2, 0.25) is 0 Å². The molecule has 0 aromatic heterocycles. The molecule has 2 bridgehead atoms. The molecule has 0 aliphatic heterocycles. The summed E-state index contributed by atoms with van der Waals surface area (Å²) in [4.78, 5) is 12.1. The highest BCUT2D eigenvalue weighted by Crippen LogP contribution is 2.53. The highest BCUT2D eigenvalue weighted by atomic mass is 16.3. The molecule has 0 aromatic carbocycles. The molecule has 0 amide bonds. The summed E-state index contributed by atoms with van der Waals surface area (Å²) in [6, 6.07) is 0. The summed E-state index contributed by atoms with van der Waals surface area (Å²) in [6.07, 6.45) is 6.26. The SMILES string of the molecule is CC(C)C(=O)C1(CO)CC2C=CC1C2. The van der Waals surface area contributed by atoms with Crippen molar-refractivity contribution < 1.29 is 9.90 Å². The van der Waals surface area contributed by atoms with E-state index >= 15 is 0 Å². The van der Waals surface area contributed by atoms with E-state index in [1.807, 2.05) is 13.8 Å². The fraction of sp³-hybridized carbons (Fsp3) is 0.750. The first-order valence-corrected chi connectivity index (χ1v) is 5.43. The van der Waals surface area contributed by atoms with Gasteiger partial charge >= 0.3 is 0 Å². The summed E-state index contributed by atoms with van der Waals surface area (Å²) in [5.41, 5.74) is -0.437. The molecule has 2 rings (SSSR count). The molecule has 3 unspecified atom stereocenters. The number of fused-ring (bicyclic) bond motifs is 2. The van der Waals surface area contributed by atoms with Gasteiger partial charge < -0.3 is 5.11 Å². The summed E-state index contributed by atoms with van der Waals surface area (Å²) in [7, 11) is 0. The number of hydrogen-bond acceptors (Lipinski definition) is 2. The van der Waals surface area contributed by atoms with Crippen molar-refractivity contribution in [1.29, 1.82) is 0 Å². The van der Waals surface area contributed by atoms with Crippen molar-refractivity contribution >= 4 is 5.78 Å². The quantitative estimate of drug-likeness (QED) is 0.695. The number of aliphatic hydroxyl groups excluding tert-OH is 1. The molecule has 2 aliphatic carbocycles. The standard InChI is InChI=1S/C12H18O2/c1-8(2)11(14)12(7-13)6-9-3-4-10(12)5-9/h3-4,8-10,13H,5-7H2,1-2H3. The Bertz CT molecular complexity index is 280. The first-order valence-electron chi connectivity index (χ1n) is 5.43. The number of Topliss-reactive ketones (excluding diaryl/α,β-unsaturated/α-hetero) is 1. The summed E-state index contributed by atoms with van der Waals surface area (Å²) < 4.78 is 0. The van der Waals surface area contributed by atoms with Crippen LogP contribution in [0.5, 0.6) is 0 Å². The van der Waals surface area contributed by atoms with Gasteiger partial charge in [0.1, 0.15) is 5.78 Å². The Hall–Kier alpha value is -0.630. The van der Waals surface area contributed by atoms with E-state index < -0.39 is 5.41 Å². The van der Waals surface area contributed by atoms with Gasteiger partial charge in [-0.15, -0.1) is 0 Å². The van der Waals surface area contributed by atoms with Gasteiger partial charge in [-0.1, -0.05) is 26.0 Å². The zero-order valence-electron chi connectivity index (χ0n) is 8.86. The smallest absolute Gasteiger partial charge is 0.144 e. The van der Waals surface area contributed by atoms with Crippen molar-refractivity contribution in [3.8, 4) is 0 Å². The molecule has 0 spiro atoms. The minimum Gasteiger partial charge on any atom is -0.395 e. The van der Waals surface area contributed by atoms with Gasteiger partial charge in [-0.25, -0.2) is 0 Å². The lowest BCUT2D eigenvalue weighted by molar-refractivity contribution is -0.136. The van der Waals surface area contributed by atoms with Crippen LogP contribution in [-0.4, -0.2) is 17.5 Å². The molecule has 2 nitrogen and oxygen atoms in total. The topological polar surface area (TPSA) is 37.3 Å². The number of ketones is 1. The molecule has 0 saturated heterocycles. The van der Waals surface area contributed by atoms with Gasteiger partial charge in [0.05, 0.1) is 12.0 Å². The molecular weight excluding hydrogens is 176 g/mol. The Morgan fingerprint density at radius 3 is 2.64 bits per heavy atom. The second kappa shape index (κ2) is 3.20. The summed E-state index contributed by atoms with van der Waals surface area (Å²) in [5, 5.41) is 9.50. The van der Waals surface area contributed by atoms with Gasteiger partial charge in [-0.05, 0) is 24.7 Å². The molecule has 78 valence electrons. The molecule has 1 N–H and O–H groups in total. The van der Waals surface area contributed by atoms with E-state index in [2.05, 4.69) is 12.2 Å². The van der Waals surface area contributed by atoms with Crippen LogP contribution in [0.2, 0.25) is 0 Å². The molecule has 1 fully saturated rings. The summed E-state index contributed by atoms with van der Waals surface area (Å²) in [6.45, 7) is 3.88. The minimum atomic E-state index is -0.437. The van der Waals surface area contributed by atoms with E-state index in [0.717, 1.165) is 12.8 Å². The van der Waals surface area contributed by atoms with Gasteiger partial charge in [0.15, 0.2) is 0 Å². The lowest BCUT2D eigenvalue weighted by Gasteiger charge is -2.33. The number of carbonyl (C=O) groups excluding carboxylic acids is 1. The van der Waals surface area contributed by atoms with Crippen molar-refractivity contribution in [2.45, 2.75) is 26.7 Å². The van der Waals surface area contributed by atoms with Crippen molar-refractivity contribution in [1.82, 2.24) is 0 Å². The second-order valence-electron chi connectivity index (χ2n) is 5.02. The molecule has 3 atom stereocenters. The van der Waals surface area contributed by atoms with Gasteiger partial charge in [0.25, 0.3) is 0 Å². The average Bonchev–Trinajstić information content (AvgIpc) is 2.75. The van der Waals surface area contributed by atoms with E-state index in [9.17, 15) is 9.90 Å². The lowest BCUT2D eigenvalue weighted by Crippen LogP contribution is -2.41. The normalized spacial score (nSPS) is 39.7. The zero-order valence-corrected chi connectivity index (χ0v) is 8.86. The van der Waals surface area contributed by atoms with Crippen LogP contribution in [0.3, 0.4) is 0 Å². The van der Waals surface area contributed by atoms with Gasteiger partial charge in [0, 0.05) is 5.92 Å². The first-order chi connectivity index (χ1) is 6.60. The minimum absolute atomic E-state index is 0.0233. The summed E-state index contributed by atoms with van der Waals surface area (Å²) in [5.74, 6) is 1.12. The van der Waals surface area contributed by atoms with Crippen LogP contribution in [0, 0.1) is 23.2 Å². The third-order valence-corrected chi connectivity index (χ3v) is 3.81. The molecule has 2 aliphatic rings. The Morgan fingerprint density at radius 1 is 1.57 bits per heavy atom. The number of aliphatic hydroxyl groups is 1. The van der Waals surface area contributed by atoms with Crippen LogP contribution >= 0.6 is 0 Å². The predicted molar refractivity (Wildman–Crippen MR) is 54.7 cm³/mol. The molecule has 2 heteroatoms. The largest absolute Gasteiger partial charge is 0.395 e. The fourth-order valence-corrected chi connectivity index (χ4v) is 3.07. The van der Waals surface area contributed by atoms with Crippen LogP contribution in [0.15, 0.2) is 12.2 Å². The van der Waals surface area contributed by atoms with E-state index in [-0.39, 0.29) is 18.3 Å².